The van der Waals surface area contributed by atoms with Crippen LogP contribution in [0.5, 0.6) is 0 Å². The van der Waals surface area contributed by atoms with Crippen molar-refractivity contribution in [3.63, 3.8) is 0 Å². The summed E-state index contributed by atoms with van der Waals surface area (Å²) in [5, 5.41) is 9.95. The number of benzene rings is 1. The van der Waals surface area contributed by atoms with Crippen molar-refractivity contribution in [1.29, 1.82) is 0 Å². The Kier molecular flexibility index (Phi) is 3.78. The normalized spacial score (nSPS) is 23.2. The molecule has 0 radical (unpaired) electrons. The number of hydrogen-bond donors (Lipinski definition) is 1. The minimum absolute atomic E-state index is 0.223. The van der Waals surface area contributed by atoms with Crippen LogP contribution in [-0.2, 0) is 10.0 Å². The highest BCUT2D eigenvalue weighted by molar-refractivity contribution is 7.89. The number of para-hydroxylation sites is 1. The SMILES string of the molecule is O=C(c1cn[nH]n1)N1CC2CCC(C1)N2S(=O)(=O)c1cccc2scnc12. The summed E-state index contributed by atoms with van der Waals surface area (Å²) in [4.78, 5) is 18.8. The van der Waals surface area contributed by atoms with Gasteiger partial charge in [-0.25, -0.2) is 13.4 Å². The van der Waals surface area contributed by atoms with Crippen molar-refractivity contribution in [2.45, 2.75) is 29.8 Å². The van der Waals surface area contributed by atoms with Gasteiger partial charge in [-0.3, -0.25) is 4.79 Å². The molecule has 2 unspecified atom stereocenters. The molecule has 2 aromatic heterocycles. The number of H-pyrrole nitrogens is 1. The monoisotopic (exact) mass is 404 g/mol. The maximum Gasteiger partial charge on any atom is 0.276 e. The highest BCUT2D eigenvalue weighted by atomic mass is 32.2. The second kappa shape index (κ2) is 6.08. The van der Waals surface area contributed by atoms with Gasteiger partial charge < -0.3 is 4.90 Å². The van der Waals surface area contributed by atoms with Crippen LogP contribution in [-0.4, -0.2) is 69.1 Å². The lowest BCUT2D eigenvalue weighted by Gasteiger charge is -2.39. The van der Waals surface area contributed by atoms with Gasteiger partial charge in [-0.05, 0) is 25.0 Å². The quantitative estimate of drug-likeness (QED) is 0.699. The molecule has 0 aliphatic carbocycles. The van der Waals surface area contributed by atoms with Crippen molar-refractivity contribution in [1.82, 2.24) is 29.6 Å². The lowest BCUT2D eigenvalue weighted by atomic mass is 10.2. The maximum absolute atomic E-state index is 13.4. The van der Waals surface area contributed by atoms with Gasteiger partial charge in [-0.2, -0.15) is 19.7 Å². The summed E-state index contributed by atoms with van der Waals surface area (Å²) in [6, 6.07) is 4.76. The van der Waals surface area contributed by atoms with Crippen molar-refractivity contribution in [3.05, 3.63) is 35.6 Å². The molecule has 2 aliphatic rings. The molecule has 3 aromatic rings. The first-order valence-electron chi connectivity index (χ1n) is 8.56. The highest BCUT2D eigenvalue weighted by Gasteiger charge is 2.48. The maximum atomic E-state index is 13.4. The fourth-order valence-electron chi connectivity index (χ4n) is 4.07. The molecule has 2 aliphatic heterocycles. The summed E-state index contributed by atoms with van der Waals surface area (Å²) in [6.07, 6.45) is 2.86. The standard InChI is InChI=1S/C16H16N6O3S2/c23-16(12-6-18-20-19-12)21-7-10-4-5-11(8-21)22(10)27(24,25)14-3-1-2-13-15(14)17-9-26-13/h1-3,6,9-11H,4-5,7-8H2,(H,18,19,20). The fourth-order valence-corrected chi connectivity index (χ4v) is 6.85. The van der Waals surface area contributed by atoms with Gasteiger partial charge in [0.15, 0.2) is 5.69 Å². The first-order valence-corrected chi connectivity index (χ1v) is 10.9. The molecule has 2 bridgehead atoms. The average molecular weight is 404 g/mol. The minimum atomic E-state index is -3.69. The number of fused-ring (bicyclic) bond motifs is 3. The van der Waals surface area contributed by atoms with Crippen molar-refractivity contribution in [2.24, 2.45) is 0 Å². The van der Waals surface area contributed by atoms with Gasteiger partial charge in [0, 0.05) is 25.2 Å². The summed E-state index contributed by atoms with van der Waals surface area (Å²) >= 11 is 1.42. The van der Waals surface area contributed by atoms with Gasteiger partial charge in [0.25, 0.3) is 5.91 Å². The van der Waals surface area contributed by atoms with E-state index in [1.807, 2.05) is 6.07 Å². The van der Waals surface area contributed by atoms with Crippen LogP contribution in [0.4, 0.5) is 0 Å². The summed E-state index contributed by atoms with van der Waals surface area (Å²) < 4.78 is 29.3. The lowest BCUT2D eigenvalue weighted by Crippen LogP contribution is -2.57. The number of thiazole rings is 1. The number of sulfonamides is 1. The smallest absolute Gasteiger partial charge is 0.276 e. The van der Waals surface area contributed by atoms with E-state index in [4.69, 9.17) is 0 Å². The van der Waals surface area contributed by atoms with Crippen LogP contribution in [0.3, 0.4) is 0 Å². The first kappa shape index (κ1) is 16.8. The molecule has 11 heteroatoms. The number of rotatable bonds is 3. The van der Waals surface area contributed by atoms with E-state index in [0.29, 0.717) is 18.6 Å². The Hall–Kier alpha value is -2.37. The molecular formula is C16H16N6O3S2. The van der Waals surface area contributed by atoms with Gasteiger partial charge in [0.05, 0.1) is 16.4 Å². The average Bonchev–Trinajstić information content (AvgIpc) is 3.40. The Morgan fingerprint density at radius 3 is 2.70 bits per heavy atom. The van der Waals surface area contributed by atoms with E-state index < -0.39 is 10.0 Å². The predicted octanol–water partition coefficient (Wildman–Crippen LogP) is 1.09. The van der Waals surface area contributed by atoms with Crippen molar-refractivity contribution in [2.75, 3.05) is 13.1 Å². The van der Waals surface area contributed by atoms with Crippen molar-refractivity contribution >= 4 is 37.5 Å². The molecule has 27 heavy (non-hydrogen) atoms. The highest BCUT2D eigenvalue weighted by Crippen LogP contribution is 2.37. The van der Waals surface area contributed by atoms with Crippen LogP contribution in [0.15, 0.2) is 34.8 Å². The number of piperazine rings is 1. The molecule has 2 fully saturated rings. The Labute approximate surface area is 159 Å². The van der Waals surface area contributed by atoms with E-state index in [9.17, 15) is 13.2 Å². The number of nitrogens with one attached hydrogen (secondary N) is 1. The second-order valence-corrected chi connectivity index (χ2v) is 9.44. The van der Waals surface area contributed by atoms with Gasteiger partial charge in [-0.1, -0.05) is 6.07 Å². The number of hydrogen-bond acceptors (Lipinski definition) is 7. The largest absolute Gasteiger partial charge is 0.334 e. The van der Waals surface area contributed by atoms with E-state index in [1.165, 1.54) is 17.5 Å². The van der Waals surface area contributed by atoms with Crippen LogP contribution in [0.25, 0.3) is 10.2 Å². The van der Waals surface area contributed by atoms with E-state index in [1.54, 1.807) is 26.8 Å². The summed E-state index contributed by atoms with van der Waals surface area (Å²) in [6.45, 7) is 0.711. The van der Waals surface area contributed by atoms with Crippen LogP contribution >= 0.6 is 11.3 Å². The van der Waals surface area contributed by atoms with E-state index >= 15 is 0 Å². The number of aromatic amines is 1. The van der Waals surface area contributed by atoms with Gasteiger partial charge in [0.2, 0.25) is 10.0 Å². The topological polar surface area (TPSA) is 112 Å². The molecule has 4 heterocycles. The third kappa shape index (κ3) is 2.57. The van der Waals surface area contributed by atoms with E-state index in [-0.39, 0.29) is 28.6 Å². The lowest BCUT2D eigenvalue weighted by molar-refractivity contribution is 0.0609. The number of nitrogens with zero attached hydrogens (tertiary/aromatic N) is 5. The molecule has 140 valence electrons. The molecule has 1 N–H and O–H groups in total. The van der Waals surface area contributed by atoms with Gasteiger partial charge >= 0.3 is 0 Å². The third-order valence-electron chi connectivity index (χ3n) is 5.22. The zero-order chi connectivity index (χ0) is 18.6. The van der Waals surface area contributed by atoms with Gasteiger partial charge in [-0.15, -0.1) is 11.3 Å². The number of carbonyl (C=O) groups excluding carboxylic acids is 1. The summed E-state index contributed by atoms with van der Waals surface area (Å²) in [7, 11) is -3.69. The predicted molar refractivity (Wildman–Crippen MR) is 97.7 cm³/mol. The first-order chi connectivity index (χ1) is 13.1. The number of amides is 1. The second-order valence-electron chi connectivity index (χ2n) is 6.74. The number of carbonyl (C=O) groups is 1. The summed E-state index contributed by atoms with van der Waals surface area (Å²) in [5.74, 6) is -0.223. The van der Waals surface area contributed by atoms with E-state index in [0.717, 1.165) is 17.5 Å². The molecule has 2 saturated heterocycles. The zero-order valence-electron chi connectivity index (χ0n) is 14.1. The van der Waals surface area contributed by atoms with Crippen LogP contribution in [0.1, 0.15) is 23.3 Å². The number of likely N-dealkylation sites (tertiary alicyclic amines) is 1. The molecule has 1 amide bonds. The van der Waals surface area contributed by atoms with Gasteiger partial charge in [0.1, 0.15) is 10.4 Å². The molecule has 5 rings (SSSR count). The fraction of sp³-hybridized carbons (Fsp3) is 0.375. The van der Waals surface area contributed by atoms with Crippen molar-refractivity contribution < 1.29 is 13.2 Å². The van der Waals surface area contributed by atoms with Crippen LogP contribution in [0.2, 0.25) is 0 Å². The molecule has 0 saturated carbocycles. The molecule has 2 atom stereocenters. The molecule has 9 nitrogen and oxygen atoms in total. The summed E-state index contributed by atoms with van der Waals surface area (Å²) in [5.41, 5.74) is 2.42. The van der Waals surface area contributed by atoms with E-state index in [2.05, 4.69) is 20.4 Å². The molecule has 1 aromatic carbocycles. The third-order valence-corrected chi connectivity index (χ3v) is 8.05. The Balaban J connectivity index is 1.47. The number of aromatic nitrogens is 4. The van der Waals surface area contributed by atoms with Crippen LogP contribution in [0, 0.1) is 0 Å². The molecular weight excluding hydrogens is 388 g/mol. The Morgan fingerprint density at radius 1 is 1.22 bits per heavy atom. The van der Waals surface area contributed by atoms with Crippen molar-refractivity contribution in [3.8, 4) is 0 Å². The minimum Gasteiger partial charge on any atom is -0.334 e. The van der Waals surface area contributed by atoms with Crippen LogP contribution < -0.4 is 0 Å². The zero-order valence-corrected chi connectivity index (χ0v) is 15.8. The molecule has 0 spiro atoms. The Morgan fingerprint density at radius 2 is 2.00 bits per heavy atom. The Bertz CT molecular complexity index is 1100.